The molecule has 26 heavy (non-hydrogen) atoms. The summed E-state index contributed by atoms with van der Waals surface area (Å²) in [5.74, 6) is -0.122. The molecule has 1 amide bonds. The van der Waals surface area contributed by atoms with Crippen LogP contribution in [0.1, 0.15) is 17.0 Å². The summed E-state index contributed by atoms with van der Waals surface area (Å²) in [5.41, 5.74) is 4.55. The zero-order valence-corrected chi connectivity index (χ0v) is 14.8. The molecule has 0 aliphatic heterocycles. The first kappa shape index (κ1) is 16.1. The van der Waals surface area contributed by atoms with Crippen molar-refractivity contribution in [2.75, 3.05) is 5.32 Å². The molecule has 0 saturated heterocycles. The summed E-state index contributed by atoms with van der Waals surface area (Å²) < 4.78 is 3.63. The molecular formula is C19H19N5O2. The number of anilines is 1. The molecule has 0 aliphatic carbocycles. The van der Waals surface area contributed by atoms with Gasteiger partial charge in [-0.2, -0.15) is 0 Å². The van der Waals surface area contributed by atoms with E-state index >= 15 is 0 Å². The molecule has 0 aliphatic rings. The summed E-state index contributed by atoms with van der Waals surface area (Å²) in [6.45, 7) is 3.73. The summed E-state index contributed by atoms with van der Waals surface area (Å²) >= 11 is 0. The van der Waals surface area contributed by atoms with E-state index in [9.17, 15) is 9.59 Å². The molecule has 0 unspecified atom stereocenters. The minimum atomic E-state index is -0.211. The average molecular weight is 349 g/mol. The minimum absolute atomic E-state index is 0.122. The Bertz CT molecular complexity index is 1210. The first-order valence-electron chi connectivity index (χ1n) is 8.36. The average Bonchev–Trinajstić information content (AvgIpc) is 3.15. The monoisotopic (exact) mass is 349 g/mol. The number of benzene rings is 1. The van der Waals surface area contributed by atoms with Crippen LogP contribution in [-0.4, -0.2) is 25.1 Å². The van der Waals surface area contributed by atoms with Gasteiger partial charge in [0.05, 0.1) is 12.1 Å². The number of carbonyl (C=O) groups excluding carboxylic acids is 1. The van der Waals surface area contributed by atoms with Gasteiger partial charge in [-0.15, -0.1) is 0 Å². The molecule has 0 radical (unpaired) electrons. The van der Waals surface area contributed by atoms with Gasteiger partial charge in [0.25, 0.3) is 5.56 Å². The molecule has 0 spiro atoms. The van der Waals surface area contributed by atoms with Crippen LogP contribution in [0.15, 0.2) is 41.3 Å². The molecule has 3 heterocycles. The van der Waals surface area contributed by atoms with Crippen LogP contribution in [0.4, 0.5) is 5.69 Å². The first-order chi connectivity index (χ1) is 12.4. The van der Waals surface area contributed by atoms with Gasteiger partial charge in [-0.1, -0.05) is 6.07 Å². The van der Waals surface area contributed by atoms with Crippen molar-refractivity contribution in [2.24, 2.45) is 7.05 Å². The van der Waals surface area contributed by atoms with Gasteiger partial charge in [-0.05, 0) is 32.0 Å². The topological polar surface area (TPSA) is 84.2 Å². The van der Waals surface area contributed by atoms with Crippen LogP contribution in [0.2, 0.25) is 0 Å². The third-order valence-electron chi connectivity index (χ3n) is 4.74. The summed E-state index contributed by atoms with van der Waals surface area (Å²) in [6, 6.07) is 9.26. The normalized spacial score (nSPS) is 11.3. The van der Waals surface area contributed by atoms with Crippen molar-refractivity contribution in [3.8, 4) is 0 Å². The number of rotatable bonds is 3. The molecule has 1 aromatic carbocycles. The lowest BCUT2D eigenvalue weighted by atomic mass is 10.1. The van der Waals surface area contributed by atoms with E-state index in [0.29, 0.717) is 5.65 Å². The van der Waals surface area contributed by atoms with Gasteiger partial charge >= 0.3 is 0 Å². The minimum Gasteiger partial charge on any atom is -0.350 e. The van der Waals surface area contributed by atoms with Gasteiger partial charge in [0, 0.05) is 47.2 Å². The Labute approximate surface area is 149 Å². The van der Waals surface area contributed by atoms with Crippen LogP contribution in [0.3, 0.4) is 0 Å². The largest absolute Gasteiger partial charge is 0.350 e. The van der Waals surface area contributed by atoms with Crippen molar-refractivity contribution in [1.82, 2.24) is 19.2 Å². The second-order valence-corrected chi connectivity index (χ2v) is 6.47. The second-order valence-electron chi connectivity index (χ2n) is 6.47. The van der Waals surface area contributed by atoms with Crippen LogP contribution in [-0.2, 0) is 18.3 Å². The van der Waals surface area contributed by atoms with Crippen LogP contribution >= 0.6 is 0 Å². The van der Waals surface area contributed by atoms with Crippen molar-refractivity contribution in [2.45, 2.75) is 20.3 Å². The number of fused-ring (bicyclic) bond motifs is 2. The zero-order valence-electron chi connectivity index (χ0n) is 14.8. The number of amides is 1. The standard InChI is InChI=1S/C19H19N5O2/c1-11-14(12(2)24-17(20-11)10-19(26)22-24)9-18(25)21-15-5-4-6-16-13(15)7-8-23(16)3/h4-8,10H,9H2,1-3H3,(H,21,25)(H,22,26). The Morgan fingerprint density at radius 1 is 1.27 bits per heavy atom. The third-order valence-corrected chi connectivity index (χ3v) is 4.74. The molecule has 132 valence electrons. The highest BCUT2D eigenvalue weighted by Crippen LogP contribution is 2.24. The molecule has 3 aromatic heterocycles. The van der Waals surface area contributed by atoms with E-state index in [1.807, 2.05) is 55.9 Å². The highest BCUT2D eigenvalue weighted by atomic mass is 16.1. The van der Waals surface area contributed by atoms with E-state index in [2.05, 4.69) is 15.4 Å². The van der Waals surface area contributed by atoms with E-state index in [0.717, 1.165) is 33.5 Å². The molecule has 4 aromatic rings. The lowest BCUT2D eigenvalue weighted by Crippen LogP contribution is -2.18. The van der Waals surface area contributed by atoms with Crippen molar-refractivity contribution in [3.05, 3.63) is 63.8 Å². The first-order valence-corrected chi connectivity index (χ1v) is 8.36. The second kappa shape index (κ2) is 5.87. The van der Waals surface area contributed by atoms with E-state index in [-0.39, 0.29) is 17.9 Å². The highest BCUT2D eigenvalue weighted by Gasteiger charge is 2.15. The summed E-state index contributed by atoms with van der Waals surface area (Å²) in [7, 11) is 1.97. The Balaban J connectivity index is 1.66. The SMILES string of the molecule is Cc1nc2cc(=O)[nH]n2c(C)c1CC(=O)Nc1cccc2c1ccn2C. The van der Waals surface area contributed by atoms with Crippen LogP contribution in [0.25, 0.3) is 16.6 Å². The zero-order chi connectivity index (χ0) is 18.4. The maximum absolute atomic E-state index is 12.7. The highest BCUT2D eigenvalue weighted by molar-refractivity contribution is 6.02. The number of hydrogen-bond acceptors (Lipinski definition) is 3. The molecule has 4 rings (SSSR count). The maximum atomic E-state index is 12.7. The molecule has 0 bridgehead atoms. The van der Waals surface area contributed by atoms with Crippen molar-refractivity contribution in [3.63, 3.8) is 0 Å². The number of hydrogen-bond donors (Lipinski definition) is 2. The summed E-state index contributed by atoms with van der Waals surface area (Å²) in [5, 5.41) is 6.70. The predicted molar refractivity (Wildman–Crippen MR) is 101 cm³/mol. The Morgan fingerprint density at radius 3 is 2.88 bits per heavy atom. The Hall–Kier alpha value is -3.35. The van der Waals surface area contributed by atoms with Gasteiger partial charge in [-0.25, -0.2) is 9.50 Å². The van der Waals surface area contributed by atoms with Gasteiger partial charge in [0.1, 0.15) is 0 Å². The van der Waals surface area contributed by atoms with Crippen molar-refractivity contribution in [1.29, 1.82) is 0 Å². The molecular weight excluding hydrogens is 330 g/mol. The Kier molecular flexibility index (Phi) is 3.64. The number of nitrogens with one attached hydrogen (secondary N) is 2. The fourth-order valence-corrected chi connectivity index (χ4v) is 3.38. The van der Waals surface area contributed by atoms with Gasteiger partial charge in [0.15, 0.2) is 5.65 Å². The van der Waals surface area contributed by atoms with Gasteiger partial charge in [-0.3, -0.25) is 14.7 Å². The fraction of sp³-hybridized carbons (Fsp3) is 0.211. The van der Waals surface area contributed by atoms with Crippen LogP contribution in [0.5, 0.6) is 0 Å². The number of aromatic nitrogens is 4. The summed E-state index contributed by atoms with van der Waals surface area (Å²) in [6.07, 6.45) is 2.15. The predicted octanol–water partition coefficient (Wildman–Crippen LogP) is 2.31. The van der Waals surface area contributed by atoms with E-state index in [1.54, 1.807) is 4.52 Å². The number of nitrogens with zero attached hydrogens (tertiary/aromatic N) is 3. The number of carbonyl (C=O) groups is 1. The van der Waals surface area contributed by atoms with Crippen molar-refractivity contribution >= 4 is 28.1 Å². The van der Waals surface area contributed by atoms with Crippen LogP contribution in [0, 0.1) is 13.8 Å². The third kappa shape index (κ3) is 2.57. The molecule has 7 nitrogen and oxygen atoms in total. The van der Waals surface area contributed by atoms with E-state index in [1.165, 1.54) is 6.07 Å². The van der Waals surface area contributed by atoms with E-state index < -0.39 is 0 Å². The maximum Gasteiger partial charge on any atom is 0.266 e. The Morgan fingerprint density at radius 2 is 2.08 bits per heavy atom. The summed E-state index contributed by atoms with van der Waals surface area (Å²) in [4.78, 5) is 28.6. The molecule has 0 saturated carbocycles. The molecule has 0 fully saturated rings. The number of aromatic amines is 1. The molecule has 2 N–H and O–H groups in total. The smallest absolute Gasteiger partial charge is 0.266 e. The van der Waals surface area contributed by atoms with Gasteiger partial charge < -0.3 is 9.88 Å². The lowest BCUT2D eigenvalue weighted by molar-refractivity contribution is -0.115. The molecule has 7 heteroatoms. The molecule has 0 atom stereocenters. The van der Waals surface area contributed by atoms with Crippen molar-refractivity contribution < 1.29 is 4.79 Å². The quantitative estimate of drug-likeness (QED) is 0.595. The number of aryl methyl sites for hydroxylation is 3. The lowest BCUT2D eigenvalue weighted by Gasteiger charge is -2.12. The van der Waals surface area contributed by atoms with Gasteiger partial charge in [0.2, 0.25) is 5.91 Å². The fourth-order valence-electron chi connectivity index (χ4n) is 3.38. The number of H-pyrrole nitrogens is 1. The van der Waals surface area contributed by atoms with E-state index in [4.69, 9.17) is 0 Å². The van der Waals surface area contributed by atoms with Crippen LogP contribution < -0.4 is 10.9 Å².